The summed E-state index contributed by atoms with van der Waals surface area (Å²) in [6, 6.07) is 0. The Morgan fingerprint density at radius 2 is 1.43 bits per heavy atom. The molecule has 8 heteroatoms. The first-order valence-corrected chi connectivity index (χ1v) is 20.2. The van der Waals surface area contributed by atoms with Crippen molar-refractivity contribution < 1.29 is 33.4 Å². The van der Waals surface area contributed by atoms with Gasteiger partial charge in [-0.15, -0.1) is 0 Å². The van der Waals surface area contributed by atoms with Crippen LogP contribution in [0.1, 0.15) is 160 Å². The van der Waals surface area contributed by atoms with Gasteiger partial charge in [-0.3, -0.25) is 19.2 Å². The predicted octanol–water partition coefficient (Wildman–Crippen LogP) is 9.23. The Morgan fingerprint density at radius 1 is 0.804 bits per heavy atom. The van der Waals surface area contributed by atoms with Crippen LogP contribution < -0.4 is 0 Å². The minimum atomic E-state index is -0.741. The average molecular weight is 714 g/mol. The molecule has 0 saturated heterocycles. The van der Waals surface area contributed by atoms with E-state index in [0.29, 0.717) is 11.3 Å². The topological polar surface area (TPSA) is 99.2 Å². The van der Waals surface area contributed by atoms with Crippen LogP contribution >= 0.6 is 0 Å². The van der Waals surface area contributed by atoms with Crippen molar-refractivity contribution in [3.63, 3.8) is 0 Å². The maximum absolute atomic E-state index is 13.2. The number of carbonyl (C=O) groups excluding carboxylic acids is 4. The summed E-state index contributed by atoms with van der Waals surface area (Å²) in [6.45, 7) is 22.0. The van der Waals surface area contributed by atoms with Gasteiger partial charge < -0.3 is 19.1 Å². The van der Waals surface area contributed by atoms with Gasteiger partial charge in [-0.2, -0.15) is 0 Å². The summed E-state index contributed by atoms with van der Waals surface area (Å²) in [5.74, 6) is 2.52. The first-order chi connectivity index (χ1) is 23.6. The molecular weight excluding hydrogens is 642 g/mol. The molecule has 3 fully saturated rings. The summed E-state index contributed by atoms with van der Waals surface area (Å²) < 4.78 is 16.8. The van der Waals surface area contributed by atoms with E-state index in [2.05, 4.69) is 40.7 Å². The number of esters is 3. The molecule has 0 bridgehead atoms. The van der Waals surface area contributed by atoms with E-state index in [1.165, 1.54) is 50.5 Å². The van der Waals surface area contributed by atoms with Gasteiger partial charge in [-0.1, -0.05) is 65.5 Å². The second-order valence-corrected chi connectivity index (χ2v) is 19.6. The third kappa shape index (κ3) is 10.6. The van der Waals surface area contributed by atoms with Crippen molar-refractivity contribution in [2.75, 3.05) is 13.1 Å². The van der Waals surface area contributed by atoms with Crippen molar-refractivity contribution in [2.45, 2.75) is 177 Å². The minimum absolute atomic E-state index is 0.118. The van der Waals surface area contributed by atoms with E-state index in [1.54, 1.807) is 41.5 Å². The molecule has 4 aliphatic rings. The molecule has 0 aromatic heterocycles. The van der Waals surface area contributed by atoms with Crippen LogP contribution in [-0.2, 0) is 33.4 Å². The van der Waals surface area contributed by atoms with Crippen LogP contribution in [-0.4, -0.2) is 59.1 Å². The van der Waals surface area contributed by atoms with Crippen molar-refractivity contribution in [2.24, 2.45) is 46.3 Å². The fourth-order valence-electron chi connectivity index (χ4n) is 10.7. The number of nitrogens with zero attached hydrogens (tertiary/aromatic N) is 1. The molecule has 8 nitrogen and oxygen atoms in total. The molecule has 51 heavy (non-hydrogen) atoms. The molecule has 8 atom stereocenters. The zero-order valence-electron chi connectivity index (χ0n) is 34.0. The highest BCUT2D eigenvalue weighted by atomic mass is 16.6. The van der Waals surface area contributed by atoms with Crippen LogP contribution in [0.5, 0.6) is 0 Å². The molecule has 0 radical (unpaired) electrons. The van der Waals surface area contributed by atoms with Crippen LogP contribution in [0.3, 0.4) is 0 Å². The van der Waals surface area contributed by atoms with Gasteiger partial charge in [0.15, 0.2) is 0 Å². The number of amides is 1. The number of fused-ring (bicyclic) bond motifs is 5. The summed E-state index contributed by atoms with van der Waals surface area (Å²) >= 11 is 0. The molecule has 4 rings (SSSR count). The number of hydrogen-bond donors (Lipinski definition) is 0. The predicted molar refractivity (Wildman–Crippen MR) is 200 cm³/mol. The Hall–Kier alpha value is -2.38. The fourth-order valence-corrected chi connectivity index (χ4v) is 10.7. The van der Waals surface area contributed by atoms with Crippen LogP contribution in [0, 0.1) is 46.3 Å². The number of rotatable bonds is 13. The van der Waals surface area contributed by atoms with Crippen LogP contribution in [0.2, 0.25) is 0 Å². The maximum Gasteiger partial charge on any atom is 0.326 e. The molecule has 0 aromatic carbocycles. The zero-order chi connectivity index (χ0) is 37.9. The first-order valence-electron chi connectivity index (χ1n) is 20.2. The third-order valence-electron chi connectivity index (χ3n) is 12.9. The highest BCUT2D eigenvalue weighted by Crippen LogP contribution is 2.67. The lowest BCUT2D eigenvalue weighted by Crippen LogP contribution is -2.51. The largest absolute Gasteiger partial charge is 0.462 e. The molecule has 4 aliphatic carbocycles. The van der Waals surface area contributed by atoms with E-state index in [4.69, 9.17) is 14.2 Å². The van der Waals surface area contributed by atoms with Gasteiger partial charge in [-0.05, 0) is 133 Å². The quantitative estimate of drug-likeness (QED) is 0.107. The first kappa shape index (κ1) is 41.4. The van der Waals surface area contributed by atoms with Gasteiger partial charge in [-0.25, -0.2) is 0 Å². The molecule has 0 aliphatic heterocycles. The van der Waals surface area contributed by atoms with E-state index in [-0.39, 0.29) is 24.4 Å². The maximum atomic E-state index is 13.2. The number of hydrogen-bond acceptors (Lipinski definition) is 7. The van der Waals surface area contributed by atoms with Crippen molar-refractivity contribution in [3.8, 4) is 0 Å². The van der Waals surface area contributed by atoms with Crippen LogP contribution in [0.4, 0.5) is 0 Å². The molecule has 1 amide bonds. The second-order valence-electron chi connectivity index (χ2n) is 19.6. The van der Waals surface area contributed by atoms with Gasteiger partial charge in [0.05, 0.1) is 6.42 Å². The third-order valence-corrected chi connectivity index (χ3v) is 12.9. The molecule has 2 unspecified atom stereocenters. The van der Waals surface area contributed by atoms with E-state index >= 15 is 0 Å². The summed E-state index contributed by atoms with van der Waals surface area (Å²) in [5.41, 5.74) is 0.599. The molecule has 0 spiro atoms. The Labute approximate surface area is 309 Å². The van der Waals surface area contributed by atoms with Crippen molar-refractivity contribution in [1.82, 2.24) is 4.90 Å². The number of allylic oxidation sites excluding steroid dienone is 1. The Kier molecular flexibility index (Phi) is 13.2. The molecule has 0 heterocycles. The van der Waals surface area contributed by atoms with E-state index in [1.807, 2.05) is 0 Å². The summed E-state index contributed by atoms with van der Waals surface area (Å²) in [6.07, 6.45) is 15.3. The molecule has 290 valence electrons. The Morgan fingerprint density at radius 3 is 2.02 bits per heavy atom. The molecule has 0 N–H and O–H groups in total. The van der Waals surface area contributed by atoms with Crippen LogP contribution in [0.25, 0.3) is 0 Å². The summed E-state index contributed by atoms with van der Waals surface area (Å²) in [7, 11) is 0. The minimum Gasteiger partial charge on any atom is -0.462 e. The van der Waals surface area contributed by atoms with Gasteiger partial charge in [0.2, 0.25) is 5.91 Å². The standard InChI is InChI=1S/C43H71NO7/c1-28(2)13-12-14-29(3)33-17-18-34-32-16-15-30-25-31(21-23-42(30,10)35(32)22-24-43(33,34)11)49-37(46)20-19-36(45)44(26-38(47)50-40(4,5)6)27-39(48)51-41(7,8)9/h15,28-29,31-35H,12-14,16-27H2,1-11H3/t29-,31+,32+,33-,34?,35?,42+,43-/m1/s1. The second kappa shape index (κ2) is 16.3. The monoisotopic (exact) mass is 714 g/mol. The highest BCUT2D eigenvalue weighted by Gasteiger charge is 2.59. The normalized spacial score (nSPS) is 31.1. The van der Waals surface area contributed by atoms with Crippen molar-refractivity contribution in [1.29, 1.82) is 0 Å². The van der Waals surface area contributed by atoms with E-state index in [9.17, 15) is 19.2 Å². The number of ether oxygens (including phenoxy) is 3. The number of carbonyl (C=O) groups is 4. The lowest BCUT2D eigenvalue weighted by Gasteiger charge is -2.58. The van der Waals surface area contributed by atoms with Gasteiger partial charge in [0, 0.05) is 12.8 Å². The average Bonchev–Trinajstić information content (AvgIpc) is 3.35. The smallest absolute Gasteiger partial charge is 0.326 e. The lowest BCUT2D eigenvalue weighted by atomic mass is 9.47. The highest BCUT2D eigenvalue weighted by molar-refractivity contribution is 5.88. The molecule has 0 aromatic rings. The SMILES string of the molecule is CC(C)CCC[C@@H](C)[C@H]1CCC2[C@@H]3CC=C4C[C@@H](OC(=O)CCC(=O)N(CC(=O)OC(C)(C)C)CC(=O)OC(C)(C)C)CC[C@]4(C)C3CC[C@@]21C. The van der Waals surface area contributed by atoms with E-state index < -0.39 is 48.1 Å². The van der Waals surface area contributed by atoms with Crippen molar-refractivity contribution in [3.05, 3.63) is 11.6 Å². The van der Waals surface area contributed by atoms with Gasteiger partial charge in [0.25, 0.3) is 0 Å². The fraction of sp³-hybridized carbons (Fsp3) is 0.860. The molecule has 3 saturated carbocycles. The summed E-state index contributed by atoms with van der Waals surface area (Å²) in [5, 5.41) is 0. The van der Waals surface area contributed by atoms with E-state index in [0.717, 1.165) is 60.2 Å². The van der Waals surface area contributed by atoms with Crippen molar-refractivity contribution >= 4 is 23.8 Å². The summed E-state index contributed by atoms with van der Waals surface area (Å²) in [4.78, 5) is 52.6. The molecular formula is C43H71NO7. The Balaban J connectivity index is 1.32. The van der Waals surface area contributed by atoms with Gasteiger partial charge >= 0.3 is 17.9 Å². The van der Waals surface area contributed by atoms with Gasteiger partial charge in [0.1, 0.15) is 30.4 Å². The zero-order valence-corrected chi connectivity index (χ0v) is 34.0. The van der Waals surface area contributed by atoms with Crippen LogP contribution in [0.15, 0.2) is 11.6 Å². The lowest BCUT2D eigenvalue weighted by molar-refractivity contribution is -0.164. The Bertz CT molecular complexity index is 1260.